The molecule has 36 heavy (non-hydrogen) atoms. The zero-order valence-corrected chi connectivity index (χ0v) is 22.8. The predicted molar refractivity (Wildman–Crippen MR) is 148 cm³/mol. The van der Waals surface area contributed by atoms with Gasteiger partial charge in [-0.25, -0.2) is 0 Å². The molecule has 5 nitrogen and oxygen atoms in total. The molecular weight excluding hydrogens is 513 g/mol. The maximum absolute atomic E-state index is 13.1. The first-order chi connectivity index (χ1) is 17.2. The number of halogens is 2. The number of carbonyl (C=O) groups is 2. The van der Waals surface area contributed by atoms with Crippen LogP contribution in [0.15, 0.2) is 48.5 Å². The van der Waals surface area contributed by atoms with Gasteiger partial charge in [0.15, 0.2) is 0 Å². The smallest absolute Gasteiger partial charge is 0.265 e. The molecule has 8 heteroatoms. The zero-order valence-electron chi connectivity index (χ0n) is 20.4. The summed E-state index contributed by atoms with van der Waals surface area (Å²) in [4.78, 5) is 30.4. The molecule has 3 aromatic rings. The van der Waals surface area contributed by atoms with Crippen LogP contribution in [0.5, 0.6) is 0 Å². The highest BCUT2D eigenvalue weighted by Crippen LogP contribution is 2.51. The molecule has 5 rings (SSSR count). The molecule has 2 aliphatic rings. The van der Waals surface area contributed by atoms with Crippen molar-refractivity contribution in [3.8, 4) is 0 Å². The van der Waals surface area contributed by atoms with E-state index in [1.807, 2.05) is 4.90 Å². The lowest BCUT2D eigenvalue weighted by Crippen LogP contribution is -2.26. The van der Waals surface area contributed by atoms with Gasteiger partial charge in [-0.1, -0.05) is 47.5 Å². The SMILES string of the molecule is CN(C)CCC1(c2ccc(CCN3Cc4c(NC(=O)c5ccc(Cl)s5)cc(Cl)cc4C3=O)cc2)CC1. The lowest BCUT2D eigenvalue weighted by atomic mass is 9.91. The number of nitrogens with zero attached hydrogens (tertiary/aromatic N) is 2. The number of thiophene rings is 1. The number of carbonyl (C=O) groups excluding carboxylic acids is 2. The highest BCUT2D eigenvalue weighted by atomic mass is 35.5. The number of anilines is 1. The van der Waals surface area contributed by atoms with Gasteiger partial charge in [0.1, 0.15) is 0 Å². The summed E-state index contributed by atoms with van der Waals surface area (Å²) in [6, 6.07) is 15.7. The van der Waals surface area contributed by atoms with E-state index in [0.29, 0.717) is 44.0 Å². The Bertz CT molecular complexity index is 1300. The van der Waals surface area contributed by atoms with Gasteiger partial charge in [-0.05, 0) is 87.1 Å². The van der Waals surface area contributed by atoms with E-state index in [1.54, 1.807) is 24.3 Å². The van der Waals surface area contributed by atoms with Gasteiger partial charge in [-0.15, -0.1) is 11.3 Å². The van der Waals surface area contributed by atoms with E-state index < -0.39 is 0 Å². The summed E-state index contributed by atoms with van der Waals surface area (Å²) < 4.78 is 0.548. The van der Waals surface area contributed by atoms with Gasteiger partial charge in [-0.2, -0.15) is 0 Å². The lowest BCUT2D eigenvalue weighted by molar-refractivity contribution is 0.0780. The lowest BCUT2D eigenvalue weighted by Gasteiger charge is -2.19. The van der Waals surface area contributed by atoms with Crippen LogP contribution in [-0.4, -0.2) is 48.8 Å². The fourth-order valence-corrected chi connectivity index (χ4v) is 6.06. The molecule has 1 aliphatic heterocycles. The van der Waals surface area contributed by atoms with Gasteiger partial charge < -0.3 is 15.1 Å². The third-order valence-electron chi connectivity index (χ3n) is 7.25. The first-order valence-electron chi connectivity index (χ1n) is 12.2. The van der Waals surface area contributed by atoms with Crippen LogP contribution in [0.3, 0.4) is 0 Å². The molecule has 1 N–H and O–H groups in total. The van der Waals surface area contributed by atoms with E-state index in [1.165, 1.54) is 41.7 Å². The fourth-order valence-electron chi connectivity index (χ4n) is 4.90. The van der Waals surface area contributed by atoms with Crippen molar-refractivity contribution in [2.45, 2.75) is 37.6 Å². The van der Waals surface area contributed by atoms with E-state index in [0.717, 1.165) is 18.5 Å². The quantitative estimate of drug-likeness (QED) is 0.336. The number of nitrogens with one attached hydrogen (secondary N) is 1. The number of hydrogen-bond donors (Lipinski definition) is 1. The predicted octanol–water partition coefficient (Wildman–Crippen LogP) is 6.49. The van der Waals surface area contributed by atoms with Gasteiger partial charge in [-0.3, -0.25) is 9.59 Å². The molecule has 2 aromatic carbocycles. The molecule has 2 heterocycles. The van der Waals surface area contributed by atoms with E-state index in [4.69, 9.17) is 23.2 Å². The van der Waals surface area contributed by atoms with Crippen LogP contribution in [0.4, 0.5) is 5.69 Å². The second-order valence-electron chi connectivity index (χ2n) is 10.0. The molecule has 0 atom stereocenters. The van der Waals surface area contributed by atoms with Gasteiger partial charge in [0.2, 0.25) is 0 Å². The van der Waals surface area contributed by atoms with Gasteiger partial charge in [0, 0.05) is 34.9 Å². The summed E-state index contributed by atoms with van der Waals surface area (Å²) >= 11 is 13.5. The van der Waals surface area contributed by atoms with Crippen molar-refractivity contribution in [1.82, 2.24) is 9.80 Å². The Hall–Kier alpha value is -2.38. The Morgan fingerprint density at radius 2 is 1.86 bits per heavy atom. The molecule has 2 amide bonds. The first kappa shape index (κ1) is 25.3. The number of benzene rings is 2. The Balaban J connectivity index is 1.24. The number of hydrogen-bond acceptors (Lipinski definition) is 4. The minimum Gasteiger partial charge on any atom is -0.334 e. The van der Waals surface area contributed by atoms with Crippen LogP contribution in [0.25, 0.3) is 0 Å². The van der Waals surface area contributed by atoms with Crippen LogP contribution in [0.1, 0.15) is 56.0 Å². The highest BCUT2D eigenvalue weighted by molar-refractivity contribution is 7.18. The van der Waals surface area contributed by atoms with Crippen molar-refractivity contribution in [2.24, 2.45) is 0 Å². The van der Waals surface area contributed by atoms with E-state index in [2.05, 4.69) is 48.6 Å². The number of rotatable bonds is 9. The van der Waals surface area contributed by atoms with Crippen molar-refractivity contribution in [1.29, 1.82) is 0 Å². The van der Waals surface area contributed by atoms with Crippen molar-refractivity contribution in [2.75, 3.05) is 32.5 Å². The largest absolute Gasteiger partial charge is 0.334 e. The summed E-state index contributed by atoms with van der Waals surface area (Å²) in [6.45, 7) is 2.15. The summed E-state index contributed by atoms with van der Waals surface area (Å²) in [5.74, 6) is -0.319. The molecule has 1 fully saturated rings. The molecule has 1 aromatic heterocycles. The molecule has 0 unspecified atom stereocenters. The van der Waals surface area contributed by atoms with Crippen LogP contribution in [0.2, 0.25) is 9.36 Å². The molecular formula is C28H29Cl2N3O2S. The Morgan fingerprint density at radius 1 is 1.11 bits per heavy atom. The monoisotopic (exact) mass is 541 g/mol. The average Bonchev–Trinajstić information content (AvgIpc) is 3.41. The summed E-state index contributed by atoms with van der Waals surface area (Å²) in [7, 11) is 4.25. The van der Waals surface area contributed by atoms with E-state index >= 15 is 0 Å². The third kappa shape index (κ3) is 5.32. The van der Waals surface area contributed by atoms with Crippen molar-refractivity contribution in [3.63, 3.8) is 0 Å². The average molecular weight is 543 g/mol. The molecule has 0 bridgehead atoms. The van der Waals surface area contributed by atoms with Gasteiger partial charge >= 0.3 is 0 Å². The normalized spacial score (nSPS) is 15.9. The second kappa shape index (κ2) is 10.2. The zero-order chi connectivity index (χ0) is 25.4. The van der Waals surface area contributed by atoms with E-state index in [9.17, 15) is 9.59 Å². The maximum atomic E-state index is 13.1. The van der Waals surface area contributed by atoms with Crippen molar-refractivity contribution >= 4 is 52.0 Å². The highest BCUT2D eigenvalue weighted by Gasteiger charge is 2.43. The van der Waals surface area contributed by atoms with Crippen LogP contribution in [-0.2, 0) is 18.4 Å². The van der Waals surface area contributed by atoms with Crippen molar-refractivity contribution < 1.29 is 9.59 Å². The summed E-state index contributed by atoms with van der Waals surface area (Å²) in [6.07, 6.45) is 4.50. The van der Waals surface area contributed by atoms with E-state index in [-0.39, 0.29) is 11.8 Å². The van der Waals surface area contributed by atoms with Gasteiger partial charge in [0.05, 0.1) is 9.21 Å². The molecule has 0 spiro atoms. The standard InChI is InChI=1S/C28H29Cl2N3O2S/c1-32(2)14-12-28(10-11-28)19-5-3-18(4-6-19)9-13-33-17-22-21(27(33)35)15-20(29)16-23(22)31-26(34)24-7-8-25(30)36-24/h3-8,15-16H,9-14,17H2,1-2H3,(H,31,34). The Morgan fingerprint density at radius 3 is 2.50 bits per heavy atom. The van der Waals surface area contributed by atoms with Crippen LogP contribution in [0, 0.1) is 0 Å². The Kier molecular flexibility index (Phi) is 7.14. The maximum Gasteiger partial charge on any atom is 0.265 e. The third-order valence-corrected chi connectivity index (χ3v) is 8.70. The molecule has 188 valence electrons. The van der Waals surface area contributed by atoms with Crippen LogP contribution >= 0.6 is 34.5 Å². The Labute approximate surface area is 226 Å². The topological polar surface area (TPSA) is 52.6 Å². The van der Waals surface area contributed by atoms with Crippen molar-refractivity contribution in [3.05, 3.63) is 85.0 Å². The number of amides is 2. The molecule has 1 aliphatic carbocycles. The second-order valence-corrected chi connectivity index (χ2v) is 12.2. The molecule has 0 radical (unpaired) electrons. The number of fused-ring (bicyclic) bond motifs is 1. The summed E-state index contributed by atoms with van der Waals surface area (Å²) in [5, 5.41) is 3.34. The molecule has 1 saturated carbocycles. The van der Waals surface area contributed by atoms with Crippen LogP contribution < -0.4 is 5.32 Å². The van der Waals surface area contributed by atoms with Gasteiger partial charge in [0.25, 0.3) is 11.8 Å². The summed E-state index contributed by atoms with van der Waals surface area (Å²) in [5.41, 5.74) is 4.91. The minimum atomic E-state index is -0.263. The molecule has 0 saturated heterocycles. The first-order valence-corrected chi connectivity index (χ1v) is 13.7. The fraction of sp³-hybridized carbons (Fsp3) is 0.357. The minimum absolute atomic E-state index is 0.0561.